The summed E-state index contributed by atoms with van der Waals surface area (Å²) in [4.78, 5) is 11.8. The molecule has 150 valence electrons. The van der Waals surface area contributed by atoms with Gasteiger partial charge in [-0.1, -0.05) is 29.3 Å². The van der Waals surface area contributed by atoms with E-state index in [1.165, 1.54) is 38.6 Å². The molecule has 0 fully saturated rings. The molecule has 0 radical (unpaired) electrons. The monoisotopic (exact) mass is 445 g/mol. The number of ether oxygens (including phenoxy) is 1. The Labute approximate surface area is 172 Å². The molecule has 2 N–H and O–H groups in total. The second-order valence-electron chi connectivity index (χ2n) is 5.53. The molecule has 2 aromatic rings. The quantitative estimate of drug-likeness (QED) is 0.502. The van der Waals surface area contributed by atoms with Gasteiger partial charge in [0.25, 0.3) is 5.91 Å². The first kappa shape index (κ1) is 22.0. The highest BCUT2D eigenvalue weighted by molar-refractivity contribution is 7.89. The third-order valence-electron chi connectivity index (χ3n) is 3.59. The van der Waals surface area contributed by atoms with Crippen LogP contribution in [0.2, 0.25) is 10.0 Å². The lowest BCUT2D eigenvalue weighted by Gasteiger charge is -2.17. The van der Waals surface area contributed by atoms with Crippen LogP contribution in [-0.4, -0.2) is 50.7 Å². The Balaban J connectivity index is 2.05. The number of phenolic OH excluding ortho intramolecular Hbond substituents is 1. The summed E-state index contributed by atoms with van der Waals surface area (Å²) in [6.07, 6.45) is 1.21. The largest absolute Gasteiger partial charge is 0.504 e. The fraction of sp³-hybridized carbons (Fsp3) is 0.176. The van der Waals surface area contributed by atoms with Crippen molar-refractivity contribution in [1.29, 1.82) is 0 Å². The van der Waals surface area contributed by atoms with Crippen LogP contribution in [0.3, 0.4) is 0 Å². The van der Waals surface area contributed by atoms with Gasteiger partial charge in [-0.25, -0.2) is 13.8 Å². The van der Waals surface area contributed by atoms with E-state index >= 15 is 0 Å². The zero-order valence-corrected chi connectivity index (χ0v) is 17.2. The number of carbonyl (C=O) groups excluding carboxylic acids is 1. The number of sulfonamides is 1. The zero-order valence-electron chi connectivity index (χ0n) is 14.9. The minimum absolute atomic E-state index is 0.0109. The predicted octanol–water partition coefficient (Wildman–Crippen LogP) is 2.48. The van der Waals surface area contributed by atoms with Crippen molar-refractivity contribution in [2.24, 2.45) is 5.10 Å². The molecule has 2 aromatic carbocycles. The second kappa shape index (κ2) is 9.24. The Hall–Kier alpha value is -2.33. The highest BCUT2D eigenvalue weighted by atomic mass is 35.5. The first-order valence-electron chi connectivity index (χ1n) is 7.76. The topological polar surface area (TPSA) is 108 Å². The van der Waals surface area contributed by atoms with Crippen LogP contribution in [0.15, 0.2) is 46.4 Å². The number of para-hydroxylation sites is 1. The summed E-state index contributed by atoms with van der Waals surface area (Å²) >= 11 is 11.8. The van der Waals surface area contributed by atoms with Crippen molar-refractivity contribution in [1.82, 2.24) is 9.73 Å². The number of nitrogens with one attached hydrogen (secondary N) is 1. The molecule has 0 unspecified atom stereocenters. The zero-order chi connectivity index (χ0) is 20.9. The number of benzene rings is 2. The summed E-state index contributed by atoms with van der Waals surface area (Å²) in [5.41, 5.74) is 2.50. The minimum atomic E-state index is -4.03. The molecule has 0 saturated carbocycles. The number of aromatic hydroxyl groups is 1. The van der Waals surface area contributed by atoms with E-state index in [-0.39, 0.29) is 26.4 Å². The fourth-order valence-electron chi connectivity index (χ4n) is 2.15. The summed E-state index contributed by atoms with van der Waals surface area (Å²) in [6.45, 7) is -0.507. The first-order chi connectivity index (χ1) is 13.2. The third-order valence-corrected chi connectivity index (χ3v) is 6.11. The lowest BCUT2D eigenvalue weighted by Crippen LogP contribution is -2.36. The third kappa shape index (κ3) is 5.14. The molecule has 0 atom stereocenters. The van der Waals surface area contributed by atoms with Crippen molar-refractivity contribution in [3.05, 3.63) is 52.0 Å². The summed E-state index contributed by atoms with van der Waals surface area (Å²) in [6, 6.07) is 8.78. The molecule has 11 heteroatoms. The molecule has 0 aliphatic carbocycles. The van der Waals surface area contributed by atoms with Crippen molar-refractivity contribution in [2.45, 2.75) is 4.90 Å². The molecule has 0 saturated heterocycles. The van der Waals surface area contributed by atoms with E-state index in [9.17, 15) is 18.3 Å². The molecule has 0 spiro atoms. The van der Waals surface area contributed by atoms with Gasteiger partial charge in [-0.2, -0.15) is 9.41 Å². The number of hydrogen-bond donors (Lipinski definition) is 2. The first-order valence-corrected chi connectivity index (χ1v) is 9.95. The molecule has 8 nitrogen and oxygen atoms in total. The van der Waals surface area contributed by atoms with E-state index in [4.69, 9.17) is 27.9 Å². The lowest BCUT2D eigenvalue weighted by molar-refractivity contribution is -0.121. The van der Waals surface area contributed by atoms with Crippen molar-refractivity contribution in [2.75, 3.05) is 20.7 Å². The van der Waals surface area contributed by atoms with E-state index < -0.39 is 22.5 Å². The van der Waals surface area contributed by atoms with E-state index in [1.807, 2.05) is 0 Å². The minimum Gasteiger partial charge on any atom is -0.504 e. The maximum absolute atomic E-state index is 12.6. The van der Waals surface area contributed by atoms with Crippen LogP contribution in [0.5, 0.6) is 11.5 Å². The van der Waals surface area contributed by atoms with Gasteiger partial charge in [0.1, 0.15) is 4.90 Å². The molecule has 1 amide bonds. The van der Waals surface area contributed by atoms with Crippen LogP contribution in [0.4, 0.5) is 0 Å². The van der Waals surface area contributed by atoms with Gasteiger partial charge in [0.2, 0.25) is 10.0 Å². The molecule has 0 aromatic heterocycles. The Morgan fingerprint density at radius 2 is 2.04 bits per heavy atom. The van der Waals surface area contributed by atoms with Gasteiger partial charge in [-0.3, -0.25) is 4.79 Å². The van der Waals surface area contributed by atoms with Gasteiger partial charge < -0.3 is 9.84 Å². The molecule has 0 bridgehead atoms. The lowest BCUT2D eigenvalue weighted by atomic mass is 10.2. The number of nitrogens with zero attached hydrogens (tertiary/aromatic N) is 2. The molecular formula is C17H17Cl2N3O5S. The summed E-state index contributed by atoms with van der Waals surface area (Å²) < 4.78 is 30.9. The van der Waals surface area contributed by atoms with Crippen molar-refractivity contribution < 1.29 is 23.1 Å². The number of hydrogen-bond acceptors (Lipinski definition) is 6. The summed E-state index contributed by atoms with van der Waals surface area (Å²) in [5, 5.41) is 13.8. The number of rotatable bonds is 7. The molecule has 28 heavy (non-hydrogen) atoms. The van der Waals surface area contributed by atoms with E-state index in [1.54, 1.807) is 18.2 Å². The van der Waals surface area contributed by atoms with Crippen molar-refractivity contribution >= 4 is 45.3 Å². The Kier molecular flexibility index (Phi) is 7.25. The van der Waals surface area contributed by atoms with Crippen LogP contribution >= 0.6 is 23.2 Å². The van der Waals surface area contributed by atoms with Crippen LogP contribution < -0.4 is 10.2 Å². The van der Waals surface area contributed by atoms with E-state index in [0.717, 1.165) is 4.31 Å². The summed E-state index contributed by atoms with van der Waals surface area (Å²) in [5.74, 6) is -0.583. The number of hydrazone groups is 1. The maximum atomic E-state index is 12.6. The predicted molar refractivity (Wildman–Crippen MR) is 107 cm³/mol. The Morgan fingerprint density at radius 1 is 1.32 bits per heavy atom. The number of carbonyl (C=O) groups is 1. The van der Waals surface area contributed by atoms with Crippen LogP contribution in [0.1, 0.15) is 5.56 Å². The Morgan fingerprint density at radius 3 is 2.71 bits per heavy atom. The average Bonchev–Trinajstić information content (AvgIpc) is 2.64. The van der Waals surface area contributed by atoms with E-state index in [2.05, 4.69) is 10.5 Å². The average molecular weight is 446 g/mol. The van der Waals surface area contributed by atoms with Gasteiger partial charge in [0.05, 0.1) is 24.9 Å². The van der Waals surface area contributed by atoms with Crippen LogP contribution in [0.25, 0.3) is 0 Å². The maximum Gasteiger partial charge on any atom is 0.255 e. The number of amides is 1. The smallest absolute Gasteiger partial charge is 0.255 e. The number of methoxy groups -OCH3 is 1. The van der Waals surface area contributed by atoms with Crippen molar-refractivity contribution in [3.8, 4) is 11.5 Å². The molecule has 0 heterocycles. The number of likely N-dealkylation sites (N-methyl/N-ethyl adjacent to an activating group) is 1. The Bertz CT molecular complexity index is 1010. The summed E-state index contributed by atoms with van der Waals surface area (Å²) in [7, 11) is -1.40. The number of halogens is 2. The van der Waals surface area contributed by atoms with Crippen LogP contribution in [-0.2, 0) is 14.8 Å². The van der Waals surface area contributed by atoms with Crippen LogP contribution in [0, 0.1) is 0 Å². The van der Waals surface area contributed by atoms with Gasteiger partial charge in [-0.15, -0.1) is 0 Å². The molecule has 0 aliphatic heterocycles. The van der Waals surface area contributed by atoms with E-state index in [0.29, 0.717) is 5.56 Å². The normalized spacial score (nSPS) is 11.8. The van der Waals surface area contributed by atoms with Gasteiger partial charge in [0.15, 0.2) is 11.5 Å². The fourth-order valence-corrected chi connectivity index (χ4v) is 4.01. The highest BCUT2D eigenvalue weighted by Crippen LogP contribution is 2.28. The standard InChI is InChI=1S/C17H17Cl2N3O5S/c1-22(28(25,26)15-8-12(18)6-7-13(15)19)10-16(23)21-20-9-11-4-3-5-14(27-2)17(11)24/h3-9,24H,10H2,1-2H3,(H,21,23)/b20-9-. The number of phenols is 1. The second-order valence-corrected chi connectivity index (χ2v) is 8.38. The highest BCUT2D eigenvalue weighted by Gasteiger charge is 2.25. The molecule has 0 aliphatic rings. The SMILES string of the molecule is COc1cccc(/C=N\NC(=O)CN(C)S(=O)(=O)c2cc(Cl)ccc2Cl)c1O. The molecule has 2 rings (SSSR count). The van der Waals surface area contributed by atoms with Gasteiger partial charge >= 0.3 is 0 Å². The molecular weight excluding hydrogens is 429 g/mol. The van der Waals surface area contributed by atoms with Gasteiger partial charge in [-0.05, 0) is 30.3 Å². The van der Waals surface area contributed by atoms with Gasteiger partial charge in [0, 0.05) is 17.6 Å². The van der Waals surface area contributed by atoms with Crippen molar-refractivity contribution in [3.63, 3.8) is 0 Å².